The van der Waals surface area contributed by atoms with Crippen molar-refractivity contribution in [1.29, 1.82) is 0 Å². The van der Waals surface area contributed by atoms with Gasteiger partial charge >= 0.3 is 0 Å². The first-order chi connectivity index (χ1) is 12.1. The molecule has 0 spiro atoms. The molecule has 3 N–H and O–H groups in total. The number of hydrogen-bond acceptors (Lipinski definition) is 3. The number of benzene rings is 1. The van der Waals surface area contributed by atoms with E-state index in [9.17, 15) is 4.79 Å². The maximum Gasteiger partial charge on any atom is 0.231 e. The van der Waals surface area contributed by atoms with Gasteiger partial charge in [0.1, 0.15) is 5.82 Å². The summed E-state index contributed by atoms with van der Waals surface area (Å²) in [5.74, 6) is 1.02. The molecule has 0 unspecified atom stereocenters. The minimum absolute atomic E-state index is 0. The predicted octanol–water partition coefficient (Wildman–Crippen LogP) is 4.43. The Morgan fingerprint density at radius 2 is 1.85 bits per heavy atom. The molecule has 5 nitrogen and oxygen atoms in total. The summed E-state index contributed by atoms with van der Waals surface area (Å²) in [5.41, 5.74) is 8.59. The number of aromatic nitrogens is 2. The molecule has 0 aliphatic carbocycles. The number of nitrogens with zero attached hydrogens (tertiary/aromatic N) is 2. The van der Waals surface area contributed by atoms with Crippen LogP contribution in [0.1, 0.15) is 45.2 Å². The molecule has 1 aromatic heterocycles. The van der Waals surface area contributed by atoms with Gasteiger partial charge in [0.15, 0.2) is 0 Å². The van der Waals surface area contributed by atoms with Gasteiger partial charge in [-0.2, -0.15) is 0 Å². The third-order valence-corrected chi connectivity index (χ3v) is 5.63. The number of hydrogen-bond donors (Lipinski definition) is 2. The van der Waals surface area contributed by atoms with Crippen LogP contribution < -0.4 is 11.1 Å². The second kappa shape index (κ2) is 10.1. The Morgan fingerprint density at radius 1 is 1.19 bits per heavy atom. The molecular weight excluding hydrogens is 383 g/mol. The van der Waals surface area contributed by atoms with Gasteiger partial charge in [0.25, 0.3) is 0 Å². The fraction of sp³-hybridized carbons (Fsp3) is 0.500. The van der Waals surface area contributed by atoms with Crippen LogP contribution in [0.3, 0.4) is 0 Å². The third kappa shape index (κ3) is 4.65. The normalized spacial score (nSPS) is 13.1. The molecule has 1 aliphatic heterocycles. The summed E-state index contributed by atoms with van der Waals surface area (Å²) < 4.78 is 2.31. The van der Waals surface area contributed by atoms with Crippen LogP contribution >= 0.6 is 24.8 Å². The molecule has 3 rings (SSSR count). The van der Waals surface area contributed by atoms with E-state index in [4.69, 9.17) is 5.73 Å². The number of carbonyl (C=O) groups excluding carboxylic acids is 1. The Labute approximate surface area is 173 Å². The van der Waals surface area contributed by atoms with Gasteiger partial charge in [0.2, 0.25) is 5.91 Å². The highest BCUT2D eigenvalue weighted by atomic mass is 35.5. The summed E-state index contributed by atoms with van der Waals surface area (Å²) in [6.07, 6.45) is 7.03. The summed E-state index contributed by atoms with van der Waals surface area (Å²) >= 11 is 0. The molecule has 2 aromatic rings. The van der Waals surface area contributed by atoms with Crippen molar-refractivity contribution in [3.8, 4) is 11.4 Å². The van der Waals surface area contributed by atoms with Crippen LogP contribution in [0.25, 0.3) is 11.4 Å². The molecule has 150 valence electrons. The SMILES string of the molecule is CCC(CC)(CN)C(=O)Nc1ccc(-c2ncc3n2CCCC3)cc1.Cl.Cl. The predicted molar refractivity (Wildman–Crippen MR) is 116 cm³/mol. The van der Waals surface area contributed by atoms with E-state index in [1.807, 2.05) is 44.3 Å². The molecule has 27 heavy (non-hydrogen) atoms. The van der Waals surface area contributed by atoms with E-state index in [0.717, 1.165) is 42.9 Å². The van der Waals surface area contributed by atoms with Crippen LogP contribution in [0.4, 0.5) is 5.69 Å². The van der Waals surface area contributed by atoms with Crippen molar-refractivity contribution < 1.29 is 4.79 Å². The van der Waals surface area contributed by atoms with Gasteiger partial charge in [-0.25, -0.2) is 4.98 Å². The molecule has 0 saturated heterocycles. The number of carbonyl (C=O) groups is 1. The monoisotopic (exact) mass is 412 g/mol. The molecule has 2 heterocycles. The lowest BCUT2D eigenvalue weighted by Gasteiger charge is -2.28. The van der Waals surface area contributed by atoms with Gasteiger partial charge in [0.05, 0.1) is 5.41 Å². The van der Waals surface area contributed by atoms with E-state index in [0.29, 0.717) is 6.54 Å². The molecular formula is C20H30Cl2N4O. The van der Waals surface area contributed by atoms with Crippen LogP contribution in [0.2, 0.25) is 0 Å². The van der Waals surface area contributed by atoms with Crippen molar-refractivity contribution in [2.75, 3.05) is 11.9 Å². The van der Waals surface area contributed by atoms with Gasteiger partial charge in [-0.15, -0.1) is 24.8 Å². The van der Waals surface area contributed by atoms with Gasteiger partial charge in [-0.1, -0.05) is 13.8 Å². The number of rotatable bonds is 6. The molecule has 0 radical (unpaired) electrons. The van der Waals surface area contributed by atoms with Crippen LogP contribution in [0, 0.1) is 5.41 Å². The van der Waals surface area contributed by atoms with E-state index >= 15 is 0 Å². The van der Waals surface area contributed by atoms with Gasteiger partial charge in [-0.05, 0) is 56.4 Å². The lowest BCUT2D eigenvalue weighted by molar-refractivity contribution is -0.125. The average molecular weight is 413 g/mol. The Balaban J connectivity index is 0.00000182. The van der Waals surface area contributed by atoms with E-state index in [1.165, 1.54) is 18.5 Å². The molecule has 0 saturated carbocycles. The number of nitrogens with one attached hydrogen (secondary N) is 1. The Kier molecular flexibility index (Phi) is 8.79. The summed E-state index contributed by atoms with van der Waals surface area (Å²) in [5, 5.41) is 3.02. The van der Waals surface area contributed by atoms with Gasteiger partial charge in [0, 0.05) is 36.2 Å². The fourth-order valence-corrected chi connectivity index (χ4v) is 3.59. The maximum atomic E-state index is 12.6. The van der Waals surface area contributed by atoms with Gasteiger partial charge in [-0.3, -0.25) is 4.79 Å². The highest BCUT2D eigenvalue weighted by Gasteiger charge is 2.33. The summed E-state index contributed by atoms with van der Waals surface area (Å²) in [6, 6.07) is 7.96. The Bertz CT molecular complexity index is 731. The second-order valence-corrected chi connectivity index (χ2v) is 6.90. The minimum atomic E-state index is -0.485. The molecule has 0 atom stereocenters. The van der Waals surface area contributed by atoms with Crippen LogP contribution in [-0.4, -0.2) is 22.0 Å². The third-order valence-electron chi connectivity index (χ3n) is 5.63. The van der Waals surface area contributed by atoms with Crippen molar-refractivity contribution in [2.45, 2.75) is 52.5 Å². The number of aryl methyl sites for hydroxylation is 1. The number of halogens is 2. The average Bonchev–Trinajstić information content (AvgIpc) is 3.08. The number of fused-ring (bicyclic) bond motifs is 1. The quantitative estimate of drug-likeness (QED) is 0.736. The fourth-order valence-electron chi connectivity index (χ4n) is 3.59. The van der Waals surface area contributed by atoms with Gasteiger partial charge < -0.3 is 15.6 Å². The van der Waals surface area contributed by atoms with Crippen molar-refractivity contribution >= 4 is 36.4 Å². The number of anilines is 1. The summed E-state index contributed by atoms with van der Waals surface area (Å²) in [4.78, 5) is 17.2. The zero-order chi connectivity index (χ0) is 17.9. The zero-order valence-corrected chi connectivity index (χ0v) is 17.7. The maximum absolute atomic E-state index is 12.6. The van der Waals surface area contributed by atoms with Crippen LogP contribution in [-0.2, 0) is 17.8 Å². The number of amides is 1. The first-order valence-corrected chi connectivity index (χ1v) is 9.30. The largest absolute Gasteiger partial charge is 0.329 e. The van der Waals surface area contributed by atoms with E-state index in [-0.39, 0.29) is 30.7 Å². The van der Waals surface area contributed by atoms with Crippen molar-refractivity contribution in [3.05, 3.63) is 36.2 Å². The zero-order valence-electron chi connectivity index (χ0n) is 16.0. The standard InChI is InChI=1S/C20H28N4O.2ClH/c1-3-20(4-2,14-21)19(25)23-16-10-8-15(9-11-16)18-22-13-17-7-5-6-12-24(17)18;;/h8-11,13H,3-7,12,14,21H2,1-2H3,(H,23,25);2*1H. The van der Waals surface area contributed by atoms with E-state index in [2.05, 4.69) is 14.9 Å². The molecule has 7 heteroatoms. The number of imidazole rings is 1. The van der Waals surface area contributed by atoms with Crippen molar-refractivity contribution in [1.82, 2.24) is 9.55 Å². The molecule has 0 bridgehead atoms. The molecule has 0 fully saturated rings. The molecule has 1 amide bonds. The summed E-state index contributed by atoms with van der Waals surface area (Å²) in [7, 11) is 0. The Hall–Kier alpha value is -1.56. The van der Waals surface area contributed by atoms with E-state index in [1.54, 1.807) is 0 Å². The van der Waals surface area contributed by atoms with Crippen molar-refractivity contribution in [3.63, 3.8) is 0 Å². The smallest absolute Gasteiger partial charge is 0.231 e. The first-order valence-electron chi connectivity index (χ1n) is 9.30. The highest BCUT2D eigenvalue weighted by molar-refractivity contribution is 5.95. The highest BCUT2D eigenvalue weighted by Crippen LogP contribution is 2.28. The lowest BCUT2D eigenvalue weighted by Crippen LogP contribution is -2.41. The van der Waals surface area contributed by atoms with E-state index < -0.39 is 5.41 Å². The molecule has 1 aromatic carbocycles. The van der Waals surface area contributed by atoms with Crippen LogP contribution in [0.15, 0.2) is 30.5 Å². The Morgan fingerprint density at radius 3 is 2.44 bits per heavy atom. The molecule has 1 aliphatic rings. The first kappa shape index (κ1) is 23.5. The lowest BCUT2D eigenvalue weighted by atomic mass is 9.81. The minimum Gasteiger partial charge on any atom is -0.329 e. The van der Waals surface area contributed by atoms with Crippen LogP contribution in [0.5, 0.6) is 0 Å². The second-order valence-electron chi connectivity index (χ2n) is 6.90. The van der Waals surface area contributed by atoms with Crippen molar-refractivity contribution in [2.24, 2.45) is 11.1 Å². The number of nitrogens with two attached hydrogens (primary N) is 1. The summed E-state index contributed by atoms with van der Waals surface area (Å²) in [6.45, 7) is 5.43. The topological polar surface area (TPSA) is 72.9 Å².